The summed E-state index contributed by atoms with van der Waals surface area (Å²) in [4.78, 5) is 0. The molecule has 0 aromatic heterocycles. The van der Waals surface area contributed by atoms with Crippen LogP contribution in [0.2, 0.25) is 0 Å². The zero-order chi connectivity index (χ0) is 24.1. The molecule has 2 aliphatic rings. The van der Waals surface area contributed by atoms with Gasteiger partial charge in [-0.25, -0.2) is 8.78 Å². The van der Waals surface area contributed by atoms with Gasteiger partial charge in [0.1, 0.15) is 23.1 Å². The van der Waals surface area contributed by atoms with Crippen molar-refractivity contribution in [3.63, 3.8) is 0 Å². The van der Waals surface area contributed by atoms with Gasteiger partial charge in [0.25, 0.3) is 0 Å². The summed E-state index contributed by atoms with van der Waals surface area (Å²) in [5.74, 6) is 2.93. The number of benzene rings is 2. The van der Waals surface area contributed by atoms with Crippen LogP contribution in [0.25, 0.3) is 0 Å². The molecule has 0 atom stereocenters. The second-order valence-electron chi connectivity index (χ2n) is 6.93. The maximum atomic E-state index is 13.5. The molecule has 2 saturated carbocycles. The Morgan fingerprint density at radius 1 is 0.667 bits per heavy atom. The van der Waals surface area contributed by atoms with Crippen LogP contribution in [0.5, 0.6) is 11.5 Å². The summed E-state index contributed by atoms with van der Waals surface area (Å²) < 4.78 is 37.0. The minimum absolute atomic E-state index is 0.212. The van der Waals surface area contributed by atoms with Crippen LogP contribution in [0, 0.1) is 74.8 Å². The van der Waals surface area contributed by atoms with Crippen LogP contribution < -0.4 is 9.47 Å². The zero-order valence-electron chi connectivity index (χ0n) is 18.3. The third kappa shape index (κ3) is 10.2. The fourth-order valence-electron chi connectivity index (χ4n) is 3.10. The molecule has 7 heteroatoms. The van der Waals surface area contributed by atoms with Gasteiger partial charge in [-0.05, 0) is 99.3 Å². The van der Waals surface area contributed by atoms with Crippen molar-refractivity contribution in [2.24, 2.45) is 0 Å². The van der Waals surface area contributed by atoms with Crippen LogP contribution in [0.1, 0.15) is 11.1 Å². The van der Waals surface area contributed by atoms with E-state index in [0.29, 0.717) is 35.5 Å². The molecule has 0 amide bonds. The Balaban J connectivity index is 0.000000209. The van der Waals surface area contributed by atoms with Crippen LogP contribution in [0.15, 0.2) is 36.4 Å². The van der Waals surface area contributed by atoms with E-state index in [1.807, 2.05) is 51.4 Å². The molecule has 0 heterocycles. The molecule has 170 valence electrons. The third-order valence-electron chi connectivity index (χ3n) is 4.77. The predicted octanol–water partition coefficient (Wildman–Crippen LogP) is 6.94. The summed E-state index contributed by atoms with van der Waals surface area (Å²) in [6.45, 7) is 0. The van der Waals surface area contributed by atoms with Crippen LogP contribution in [-0.2, 0) is 33.7 Å². The van der Waals surface area contributed by atoms with Crippen LogP contribution >= 0.6 is 17.0 Å². The number of halogens is 4. The van der Waals surface area contributed by atoms with Crippen molar-refractivity contribution in [3.8, 4) is 11.5 Å². The van der Waals surface area contributed by atoms with E-state index in [2.05, 4.69) is 0 Å². The minimum atomic E-state index is -0.826. The van der Waals surface area contributed by atoms with Crippen molar-refractivity contribution in [1.29, 1.82) is 0 Å². The van der Waals surface area contributed by atoms with E-state index in [1.165, 1.54) is 26.4 Å². The van der Waals surface area contributed by atoms with E-state index in [9.17, 15) is 8.78 Å². The van der Waals surface area contributed by atoms with Gasteiger partial charge >= 0.3 is 37.9 Å². The molecule has 33 heavy (non-hydrogen) atoms. The Morgan fingerprint density at radius 2 is 1.00 bits per heavy atom. The summed E-state index contributed by atoms with van der Waals surface area (Å²) in [6.07, 6.45) is 17.0. The molecule has 0 bridgehead atoms. The van der Waals surface area contributed by atoms with E-state index < -0.39 is 20.8 Å². The van der Waals surface area contributed by atoms with Crippen LogP contribution in [0.3, 0.4) is 0 Å². The molecule has 0 saturated heterocycles. The average Bonchev–Trinajstić information content (AvgIpc) is 3.52. The Labute approximate surface area is 216 Å². The Bertz CT molecular complexity index is 758. The van der Waals surface area contributed by atoms with E-state index in [-0.39, 0.29) is 11.6 Å². The number of ether oxygens (including phenoxy) is 2. The molecule has 4 rings (SSSR count). The first-order valence-electron chi connectivity index (χ1n) is 10.0. The SMILES string of the molecule is COc1ccc(C[C]2[CH][CH][CH][CH]2)c(F)c1.COc1ccc(C[C]2[CH][CH][CH][CH]2)c(F)c1.[Cl][Zr+2][Cl]. The van der Waals surface area contributed by atoms with Gasteiger partial charge in [-0.15, -0.1) is 0 Å². The molecule has 0 spiro atoms. The normalized spacial score (nSPS) is 15.7. The van der Waals surface area contributed by atoms with Gasteiger partial charge in [0, 0.05) is 12.1 Å². The average molecular weight is 569 g/mol. The molecule has 2 aromatic rings. The summed E-state index contributed by atoms with van der Waals surface area (Å²) in [5, 5.41) is 0. The van der Waals surface area contributed by atoms with Crippen LogP contribution in [0.4, 0.5) is 8.78 Å². The predicted molar refractivity (Wildman–Crippen MR) is 126 cm³/mol. The van der Waals surface area contributed by atoms with Gasteiger partial charge in [-0.3, -0.25) is 0 Å². The molecule has 0 aliphatic heterocycles. The molecular formula is C26H24Cl2F2O2Zr+2. The Morgan fingerprint density at radius 3 is 1.27 bits per heavy atom. The van der Waals surface area contributed by atoms with Crippen molar-refractivity contribution in [2.45, 2.75) is 12.8 Å². The summed E-state index contributed by atoms with van der Waals surface area (Å²) in [5.41, 5.74) is 1.39. The summed E-state index contributed by atoms with van der Waals surface area (Å²) >= 11 is -0.826. The third-order valence-corrected chi connectivity index (χ3v) is 4.77. The van der Waals surface area contributed by atoms with Gasteiger partial charge in [0.05, 0.1) is 14.2 Å². The summed E-state index contributed by atoms with van der Waals surface area (Å²) in [6, 6.07) is 9.92. The second kappa shape index (κ2) is 16.1. The molecule has 10 radical (unpaired) electrons. The van der Waals surface area contributed by atoms with E-state index in [0.717, 1.165) is 11.8 Å². The fraction of sp³-hybridized carbons (Fsp3) is 0.154. The van der Waals surface area contributed by atoms with Crippen molar-refractivity contribution in [2.75, 3.05) is 14.2 Å². The Hall–Kier alpha value is -0.637. The van der Waals surface area contributed by atoms with Gasteiger partial charge < -0.3 is 9.47 Å². The summed E-state index contributed by atoms with van der Waals surface area (Å²) in [7, 11) is 12.9. The van der Waals surface area contributed by atoms with E-state index in [1.54, 1.807) is 24.3 Å². The molecule has 0 N–H and O–H groups in total. The van der Waals surface area contributed by atoms with Crippen molar-refractivity contribution in [3.05, 3.63) is 122 Å². The monoisotopic (exact) mass is 566 g/mol. The van der Waals surface area contributed by atoms with Gasteiger partial charge in [0.2, 0.25) is 0 Å². The second-order valence-corrected chi connectivity index (χ2v) is 10.7. The molecule has 0 unspecified atom stereocenters. The first-order valence-corrected chi connectivity index (χ1v) is 16.4. The Kier molecular flexibility index (Phi) is 14.0. The quantitative estimate of drug-likeness (QED) is 0.376. The van der Waals surface area contributed by atoms with E-state index >= 15 is 0 Å². The number of rotatable bonds is 6. The molecule has 2 fully saturated rings. The van der Waals surface area contributed by atoms with E-state index in [4.69, 9.17) is 26.5 Å². The first kappa shape index (κ1) is 28.6. The topological polar surface area (TPSA) is 18.5 Å². The first-order chi connectivity index (χ1) is 16.0. The zero-order valence-corrected chi connectivity index (χ0v) is 22.3. The van der Waals surface area contributed by atoms with Crippen molar-refractivity contribution < 1.29 is 39.1 Å². The molecule has 2 nitrogen and oxygen atoms in total. The van der Waals surface area contributed by atoms with Crippen LogP contribution in [-0.4, -0.2) is 14.2 Å². The molecule has 2 aliphatic carbocycles. The van der Waals surface area contributed by atoms with Gasteiger partial charge in [-0.2, -0.15) is 0 Å². The van der Waals surface area contributed by atoms with Gasteiger partial charge in [0.15, 0.2) is 0 Å². The van der Waals surface area contributed by atoms with Crippen molar-refractivity contribution in [1.82, 2.24) is 0 Å². The molecule has 2 aromatic carbocycles. The molecular weight excluding hydrogens is 544 g/mol. The van der Waals surface area contributed by atoms with Crippen molar-refractivity contribution >= 4 is 17.0 Å². The number of hydrogen-bond acceptors (Lipinski definition) is 2. The standard InChI is InChI=1S/2C13H12FO.2ClH.Zr/c2*1-15-12-7-6-11(13(14)9-12)8-10-4-2-3-5-10;;;/h2*2-7,9H,8H2,1H3;2*1H;/q;;;;+4/p-2. The maximum absolute atomic E-state index is 13.5. The van der Waals surface area contributed by atoms with Gasteiger partial charge in [-0.1, -0.05) is 12.1 Å². The number of hydrogen-bond donors (Lipinski definition) is 0. The number of methoxy groups -OCH3 is 2. The fourth-order valence-corrected chi connectivity index (χ4v) is 3.10.